The van der Waals surface area contributed by atoms with Crippen LogP contribution >= 0.6 is 11.3 Å². The summed E-state index contributed by atoms with van der Waals surface area (Å²) in [5, 5.41) is 10.7. The number of hydrogen-bond donors (Lipinski definition) is 1. The largest absolute Gasteiger partial charge is 0.364 e. The van der Waals surface area contributed by atoms with Crippen molar-refractivity contribution in [2.24, 2.45) is 4.99 Å². The lowest BCUT2D eigenvalue weighted by molar-refractivity contribution is 0.169. The molecule has 1 fully saturated rings. The molecule has 0 unspecified atom stereocenters. The molecule has 0 atom stereocenters. The zero-order valence-corrected chi connectivity index (χ0v) is 18.4. The fourth-order valence-corrected chi connectivity index (χ4v) is 4.41. The summed E-state index contributed by atoms with van der Waals surface area (Å²) in [5.41, 5.74) is 4.56. The average molecular weight is 425 g/mol. The smallest absolute Gasteiger partial charge is 0.193 e. The fourth-order valence-electron chi connectivity index (χ4n) is 3.55. The molecule has 0 spiro atoms. The van der Waals surface area contributed by atoms with E-state index < -0.39 is 0 Å². The molecule has 1 aliphatic rings. The minimum absolute atomic E-state index is 0.822. The number of benzene rings is 1. The number of rotatable bonds is 6. The first kappa shape index (κ1) is 20.6. The summed E-state index contributed by atoms with van der Waals surface area (Å²) in [6.07, 6.45) is 2.51. The van der Waals surface area contributed by atoms with E-state index in [-0.39, 0.29) is 0 Å². The van der Waals surface area contributed by atoms with Gasteiger partial charge in [-0.15, -0.1) is 11.3 Å². The molecule has 0 amide bonds. The number of nitrogens with one attached hydrogen (secondary N) is 1. The van der Waals surface area contributed by atoms with Crippen molar-refractivity contribution < 1.29 is 4.52 Å². The van der Waals surface area contributed by atoms with Crippen LogP contribution < -0.4 is 5.32 Å². The lowest BCUT2D eigenvalue weighted by atomic mass is 10.2. The van der Waals surface area contributed by atoms with Gasteiger partial charge in [0.25, 0.3) is 0 Å². The van der Waals surface area contributed by atoms with Crippen molar-refractivity contribution in [1.29, 1.82) is 0 Å². The van der Waals surface area contributed by atoms with Crippen LogP contribution in [0.1, 0.15) is 17.0 Å². The van der Waals surface area contributed by atoms with Crippen LogP contribution in [0.25, 0.3) is 10.6 Å². The van der Waals surface area contributed by atoms with Gasteiger partial charge in [-0.1, -0.05) is 35.0 Å². The Morgan fingerprint density at radius 1 is 1.13 bits per heavy atom. The normalized spacial score (nSPS) is 15.5. The summed E-state index contributed by atoms with van der Waals surface area (Å²) in [6.45, 7) is 7.63. The standard InChI is InChI=1S/C22H28N6OS/c1-17-3-5-18(6-4-17)21-25-20(16-30-21)7-9-24-22(23-2)28-12-10-27(11-13-28)15-19-8-14-29-26-19/h3-6,8,14,16H,7,9-13,15H2,1-2H3,(H,23,24). The van der Waals surface area contributed by atoms with Gasteiger partial charge < -0.3 is 14.7 Å². The van der Waals surface area contributed by atoms with E-state index in [1.165, 1.54) is 11.1 Å². The molecule has 2 aromatic heterocycles. The van der Waals surface area contributed by atoms with Gasteiger partial charge in [-0.05, 0) is 6.92 Å². The maximum Gasteiger partial charge on any atom is 0.193 e. The topological polar surface area (TPSA) is 69.8 Å². The van der Waals surface area contributed by atoms with Gasteiger partial charge in [-0.2, -0.15) is 0 Å². The minimum Gasteiger partial charge on any atom is -0.364 e. The molecular formula is C22H28N6OS. The molecule has 4 rings (SSSR count). The van der Waals surface area contributed by atoms with Crippen LogP contribution in [-0.4, -0.2) is 65.7 Å². The summed E-state index contributed by atoms with van der Waals surface area (Å²) in [5.74, 6) is 0.963. The number of aromatic nitrogens is 2. The summed E-state index contributed by atoms with van der Waals surface area (Å²) in [6, 6.07) is 10.5. The van der Waals surface area contributed by atoms with Gasteiger partial charge in [-0.3, -0.25) is 9.89 Å². The van der Waals surface area contributed by atoms with Gasteiger partial charge in [0.15, 0.2) is 5.96 Å². The van der Waals surface area contributed by atoms with E-state index in [9.17, 15) is 0 Å². The summed E-state index contributed by atoms with van der Waals surface area (Å²) in [4.78, 5) is 14.0. The summed E-state index contributed by atoms with van der Waals surface area (Å²) < 4.78 is 4.92. The zero-order valence-electron chi connectivity index (χ0n) is 17.5. The van der Waals surface area contributed by atoms with Gasteiger partial charge in [0, 0.05) is 69.7 Å². The van der Waals surface area contributed by atoms with E-state index in [4.69, 9.17) is 9.51 Å². The molecule has 158 valence electrons. The third kappa shape index (κ3) is 5.25. The number of aryl methyl sites for hydroxylation is 1. The Morgan fingerprint density at radius 3 is 2.63 bits per heavy atom. The molecule has 0 bridgehead atoms. The Bertz CT molecular complexity index is 942. The second-order valence-electron chi connectivity index (χ2n) is 7.49. The Hall–Kier alpha value is -2.71. The van der Waals surface area contributed by atoms with Crippen molar-refractivity contribution in [3.8, 4) is 10.6 Å². The van der Waals surface area contributed by atoms with Crippen LogP contribution in [0.5, 0.6) is 0 Å². The quantitative estimate of drug-likeness (QED) is 0.485. The zero-order chi connectivity index (χ0) is 20.8. The number of piperazine rings is 1. The number of nitrogens with zero attached hydrogens (tertiary/aromatic N) is 5. The van der Waals surface area contributed by atoms with Crippen LogP contribution in [0.15, 0.2) is 51.5 Å². The molecule has 3 aromatic rings. The SMILES string of the molecule is CN=C(NCCc1csc(-c2ccc(C)cc2)n1)N1CCN(Cc2ccon2)CC1. The highest BCUT2D eigenvalue weighted by molar-refractivity contribution is 7.13. The monoisotopic (exact) mass is 424 g/mol. The maximum atomic E-state index is 4.92. The predicted octanol–water partition coefficient (Wildman–Crippen LogP) is 3.04. The molecule has 3 heterocycles. The van der Waals surface area contributed by atoms with Gasteiger partial charge >= 0.3 is 0 Å². The van der Waals surface area contributed by atoms with Gasteiger partial charge in [0.05, 0.1) is 11.4 Å². The van der Waals surface area contributed by atoms with Crippen LogP contribution in [0.4, 0.5) is 0 Å². The third-order valence-electron chi connectivity index (χ3n) is 5.27. The first-order chi connectivity index (χ1) is 14.7. The second-order valence-corrected chi connectivity index (χ2v) is 8.35. The Morgan fingerprint density at radius 2 is 1.93 bits per heavy atom. The van der Waals surface area contributed by atoms with Crippen LogP contribution in [0, 0.1) is 6.92 Å². The minimum atomic E-state index is 0.822. The van der Waals surface area contributed by atoms with E-state index in [1.54, 1.807) is 17.6 Å². The fraction of sp³-hybridized carbons (Fsp3) is 0.409. The second kappa shape index (κ2) is 9.86. The van der Waals surface area contributed by atoms with Crippen molar-refractivity contribution in [3.63, 3.8) is 0 Å². The number of thiazole rings is 1. The molecule has 0 aliphatic carbocycles. The molecular weight excluding hydrogens is 396 g/mol. The van der Waals surface area contributed by atoms with Crippen molar-refractivity contribution in [2.45, 2.75) is 19.9 Å². The van der Waals surface area contributed by atoms with Gasteiger partial charge in [0.2, 0.25) is 0 Å². The Labute approximate surface area is 181 Å². The van der Waals surface area contributed by atoms with Crippen LogP contribution in [-0.2, 0) is 13.0 Å². The number of aliphatic imine (C=N–C) groups is 1. The molecule has 1 N–H and O–H groups in total. The highest BCUT2D eigenvalue weighted by Gasteiger charge is 2.20. The molecule has 1 aliphatic heterocycles. The number of guanidine groups is 1. The lowest BCUT2D eigenvalue weighted by Crippen LogP contribution is -2.52. The highest BCUT2D eigenvalue weighted by atomic mass is 32.1. The van der Waals surface area contributed by atoms with Crippen molar-refractivity contribution in [3.05, 3.63) is 58.9 Å². The first-order valence-electron chi connectivity index (χ1n) is 10.3. The maximum absolute atomic E-state index is 4.92. The highest BCUT2D eigenvalue weighted by Crippen LogP contribution is 2.24. The van der Waals surface area contributed by atoms with Gasteiger partial charge in [0.1, 0.15) is 11.3 Å². The third-order valence-corrected chi connectivity index (χ3v) is 6.22. The Kier molecular flexibility index (Phi) is 6.76. The summed E-state index contributed by atoms with van der Waals surface area (Å²) in [7, 11) is 1.85. The van der Waals surface area contributed by atoms with E-state index in [2.05, 4.69) is 61.8 Å². The van der Waals surface area contributed by atoms with Crippen LogP contribution in [0.2, 0.25) is 0 Å². The Balaban J connectivity index is 1.23. The van der Waals surface area contributed by atoms with Crippen LogP contribution in [0.3, 0.4) is 0 Å². The van der Waals surface area contributed by atoms with E-state index >= 15 is 0 Å². The average Bonchev–Trinajstić information content (AvgIpc) is 3.45. The molecule has 1 aromatic carbocycles. The molecule has 0 radical (unpaired) electrons. The van der Waals surface area contributed by atoms with Crippen molar-refractivity contribution in [1.82, 2.24) is 25.3 Å². The van der Waals surface area contributed by atoms with E-state index in [0.29, 0.717) is 0 Å². The molecule has 0 saturated carbocycles. The molecule has 1 saturated heterocycles. The molecule has 8 heteroatoms. The predicted molar refractivity (Wildman–Crippen MR) is 121 cm³/mol. The summed E-state index contributed by atoms with van der Waals surface area (Å²) >= 11 is 1.71. The first-order valence-corrected chi connectivity index (χ1v) is 11.2. The molecule has 7 nitrogen and oxygen atoms in total. The van der Waals surface area contributed by atoms with Crippen molar-refractivity contribution in [2.75, 3.05) is 39.8 Å². The number of hydrogen-bond acceptors (Lipinski definition) is 6. The van der Waals surface area contributed by atoms with Crippen molar-refractivity contribution >= 4 is 17.3 Å². The lowest BCUT2D eigenvalue weighted by Gasteiger charge is -2.36. The molecule has 30 heavy (non-hydrogen) atoms. The van der Waals surface area contributed by atoms with E-state index in [1.807, 2.05) is 13.1 Å². The van der Waals surface area contributed by atoms with E-state index in [0.717, 1.165) is 68.0 Å². The van der Waals surface area contributed by atoms with Gasteiger partial charge in [-0.25, -0.2) is 4.98 Å².